The summed E-state index contributed by atoms with van der Waals surface area (Å²) >= 11 is 0. The molecule has 0 unspecified atom stereocenters. The molecule has 1 aromatic carbocycles. The fourth-order valence-corrected chi connectivity index (χ4v) is 1.99. The van der Waals surface area contributed by atoms with Crippen LogP contribution in [0.1, 0.15) is 32.8 Å². The Bertz CT molecular complexity index is 413. The smallest absolute Gasteiger partial charge is 0.222 e. The van der Waals surface area contributed by atoms with Crippen LogP contribution >= 0.6 is 12.4 Å². The SMILES string of the molecule is CN(CC(C)(C)C)C(=O)CCc1ccccc1N.Cl. The maximum Gasteiger partial charge on any atom is 0.222 e. The number of carbonyl (C=O) groups is 1. The molecule has 0 aliphatic carbocycles. The molecular weight excluding hydrogens is 260 g/mol. The molecule has 0 fully saturated rings. The monoisotopic (exact) mass is 284 g/mol. The van der Waals surface area contributed by atoms with Gasteiger partial charge in [0.2, 0.25) is 5.91 Å². The fraction of sp³-hybridized carbons (Fsp3) is 0.533. The quantitative estimate of drug-likeness (QED) is 0.864. The van der Waals surface area contributed by atoms with Gasteiger partial charge in [0.1, 0.15) is 0 Å². The number of halogens is 1. The molecule has 1 amide bonds. The predicted molar refractivity (Wildman–Crippen MR) is 83.5 cm³/mol. The van der Waals surface area contributed by atoms with Crippen molar-refractivity contribution in [1.82, 2.24) is 4.90 Å². The summed E-state index contributed by atoms with van der Waals surface area (Å²) in [7, 11) is 1.86. The number of nitrogens with zero attached hydrogens (tertiary/aromatic N) is 1. The van der Waals surface area contributed by atoms with E-state index in [0.29, 0.717) is 12.8 Å². The van der Waals surface area contributed by atoms with E-state index in [0.717, 1.165) is 17.8 Å². The molecule has 108 valence electrons. The first-order chi connectivity index (χ1) is 8.29. The Balaban J connectivity index is 0.00000324. The van der Waals surface area contributed by atoms with Crippen LogP contribution < -0.4 is 5.73 Å². The van der Waals surface area contributed by atoms with Crippen molar-refractivity contribution in [3.05, 3.63) is 29.8 Å². The predicted octanol–water partition coefficient (Wildman–Crippen LogP) is 3.13. The van der Waals surface area contributed by atoms with Gasteiger partial charge in [0.25, 0.3) is 0 Å². The van der Waals surface area contributed by atoms with Gasteiger partial charge >= 0.3 is 0 Å². The van der Waals surface area contributed by atoms with E-state index in [2.05, 4.69) is 20.8 Å². The molecule has 0 aromatic heterocycles. The molecule has 0 aliphatic heterocycles. The van der Waals surface area contributed by atoms with Crippen molar-refractivity contribution in [1.29, 1.82) is 0 Å². The highest BCUT2D eigenvalue weighted by molar-refractivity contribution is 5.85. The molecule has 1 rings (SSSR count). The lowest BCUT2D eigenvalue weighted by atomic mass is 9.96. The first kappa shape index (κ1) is 17.8. The highest BCUT2D eigenvalue weighted by Gasteiger charge is 2.17. The number of hydrogen-bond donors (Lipinski definition) is 1. The summed E-state index contributed by atoms with van der Waals surface area (Å²) in [5.74, 6) is 0.174. The van der Waals surface area contributed by atoms with Gasteiger partial charge in [-0.2, -0.15) is 0 Å². The number of nitrogen functional groups attached to an aromatic ring is 1. The van der Waals surface area contributed by atoms with Gasteiger partial charge in [0, 0.05) is 25.7 Å². The zero-order valence-electron chi connectivity index (χ0n) is 12.3. The normalized spacial score (nSPS) is 10.7. The van der Waals surface area contributed by atoms with Gasteiger partial charge in [-0.3, -0.25) is 4.79 Å². The van der Waals surface area contributed by atoms with Crippen molar-refractivity contribution in [2.45, 2.75) is 33.6 Å². The minimum atomic E-state index is 0. The zero-order chi connectivity index (χ0) is 13.8. The average molecular weight is 285 g/mol. The van der Waals surface area contributed by atoms with E-state index in [1.807, 2.05) is 31.3 Å². The molecule has 0 aliphatic rings. The maximum atomic E-state index is 12.0. The van der Waals surface area contributed by atoms with E-state index < -0.39 is 0 Å². The van der Waals surface area contributed by atoms with Crippen LogP contribution in [0.3, 0.4) is 0 Å². The Kier molecular flexibility index (Phi) is 6.91. The fourth-order valence-electron chi connectivity index (χ4n) is 1.99. The highest BCUT2D eigenvalue weighted by Crippen LogP contribution is 2.16. The van der Waals surface area contributed by atoms with Gasteiger partial charge in [-0.15, -0.1) is 12.4 Å². The second-order valence-corrected chi connectivity index (χ2v) is 6.01. The third-order valence-corrected chi connectivity index (χ3v) is 2.80. The summed E-state index contributed by atoms with van der Waals surface area (Å²) in [6, 6.07) is 7.71. The van der Waals surface area contributed by atoms with Crippen LogP contribution in [0.15, 0.2) is 24.3 Å². The molecule has 0 heterocycles. The molecule has 0 saturated carbocycles. The number of nitrogens with two attached hydrogens (primary N) is 1. The molecule has 2 N–H and O–H groups in total. The third-order valence-electron chi connectivity index (χ3n) is 2.80. The Morgan fingerprint density at radius 3 is 2.37 bits per heavy atom. The number of hydrogen-bond acceptors (Lipinski definition) is 2. The molecule has 0 radical (unpaired) electrons. The second kappa shape index (κ2) is 7.39. The number of carbonyl (C=O) groups excluding carboxylic acids is 1. The third kappa shape index (κ3) is 6.48. The molecule has 4 heteroatoms. The lowest BCUT2D eigenvalue weighted by molar-refractivity contribution is -0.131. The number of amides is 1. The van der Waals surface area contributed by atoms with Gasteiger partial charge in [0.05, 0.1) is 0 Å². The molecule has 0 saturated heterocycles. The summed E-state index contributed by atoms with van der Waals surface area (Å²) in [6.45, 7) is 7.17. The van der Waals surface area contributed by atoms with Crippen molar-refractivity contribution >= 4 is 24.0 Å². The number of para-hydroxylation sites is 1. The van der Waals surface area contributed by atoms with Crippen molar-refractivity contribution < 1.29 is 4.79 Å². The van der Waals surface area contributed by atoms with Crippen LogP contribution in [0.25, 0.3) is 0 Å². The van der Waals surface area contributed by atoms with Crippen LogP contribution in [0.5, 0.6) is 0 Å². The molecule has 0 atom stereocenters. The Morgan fingerprint density at radius 1 is 1.26 bits per heavy atom. The van der Waals surface area contributed by atoms with Crippen molar-refractivity contribution in [2.75, 3.05) is 19.3 Å². The molecule has 19 heavy (non-hydrogen) atoms. The number of aryl methyl sites for hydroxylation is 1. The Morgan fingerprint density at radius 2 is 1.84 bits per heavy atom. The first-order valence-corrected chi connectivity index (χ1v) is 6.37. The topological polar surface area (TPSA) is 46.3 Å². The van der Waals surface area contributed by atoms with Crippen molar-refractivity contribution in [3.8, 4) is 0 Å². The van der Waals surface area contributed by atoms with Gasteiger partial charge in [-0.25, -0.2) is 0 Å². The minimum Gasteiger partial charge on any atom is -0.399 e. The number of benzene rings is 1. The van der Waals surface area contributed by atoms with Gasteiger partial charge in [-0.05, 0) is 23.5 Å². The molecule has 3 nitrogen and oxygen atoms in total. The first-order valence-electron chi connectivity index (χ1n) is 6.37. The lowest BCUT2D eigenvalue weighted by Gasteiger charge is -2.26. The van der Waals surface area contributed by atoms with Crippen LogP contribution in [0.4, 0.5) is 5.69 Å². The molecule has 1 aromatic rings. The number of anilines is 1. The van der Waals surface area contributed by atoms with Crippen molar-refractivity contribution in [3.63, 3.8) is 0 Å². The summed E-state index contributed by atoms with van der Waals surface area (Å²) < 4.78 is 0. The standard InChI is InChI=1S/C15H24N2O.ClH/c1-15(2,3)11-17(4)14(18)10-9-12-7-5-6-8-13(12)16;/h5-8H,9-11,16H2,1-4H3;1H. The van der Waals surface area contributed by atoms with E-state index in [1.54, 1.807) is 4.90 Å². The van der Waals surface area contributed by atoms with E-state index in [4.69, 9.17) is 5.73 Å². The molecular formula is C15H25ClN2O. The van der Waals surface area contributed by atoms with Gasteiger partial charge in [0.15, 0.2) is 0 Å². The highest BCUT2D eigenvalue weighted by atomic mass is 35.5. The van der Waals surface area contributed by atoms with E-state index in [-0.39, 0.29) is 23.7 Å². The van der Waals surface area contributed by atoms with Crippen molar-refractivity contribution in [2.24, 2.45) is 5.41 Å². The number of rotatable bonds is 4. The van der Waals surface area contributed by atoms with E-state index >= 15 is 0 Å². The van der Waals surface area contributed by atoms with Crippen LogP contribution in [-0.4, -0.2) is 24.4 Å². The Labute approximate surface area is 122 Å². The Hall–Kier alpha value is -1.22. The summed E-state index contributed by atoms with van der Waals surface area (Å²) in [5, 5.41) is 0. The molecule has 0 spiro atoms. The van der Waals surface area contributed by atoms with E-state index in [1.165, 1.54) is 0 Å². The summed E-state index contributed by atoms with van der Waals surface area (Å²) in [6.07, 6.45) is 1.22. The zero-order valence-corrected chi connectivity index (χ0v) is 13.1. The van der Waals surface area contributed by atoms with Crippen LogP contribution in [-0.2, 0) is 11.2 Å². The van der Waals surface area contributed by atoms with Crippen LogP contribution in [0, 0.1) is 5.41 Å². The second-order valence-electron chi connectivity index (χ2n) is 6.01. The molecule has 0 bridgehead atoms. The summed E-state index contributed by atoms with van der Waals surface area (Å²) in [4.78, 5) is 13.8. The largest absolute Gasteiger partial charge is 0.399 e. The van der Waals surface area contributed by atoms with Gasteiger partial charge < -0.3 is 10.6 Å². The maximum absolute atomic E-state index is 12.0. The minimum absolute atomic E-state index is 0. The summed E-state index contributed by atoms with van der Waals surface area (Å²) in [5.41, 5.74) is 7.81. The lowest BCUT2D eigenvalue weighted by Crippen LogP contribution is -2.34. The average Bonchev–Trinajstić information content (AvgIpc) is 2.25. The van der Waals surface area contributed by atoms with E-state index in [9.17, 15) is 4.79 Å². The van der Waals surface area contributed by atoms with Crippen LogP contribution in [0.2, 0.25) is 0 Å². The van der Waals surface area contributed by atoms with Gasteiger partial charge in [-0.1, -0.05) is 39.0 Å².